The number of rotatable bonds is 7. The first-order valence-corrected chi connectivity index (χ1v) is 11.1. The van der Waals surface area contributed by atoms with Crippen LogP contribution in [0.3, 0.4) is 0 Å². The fourth-order valence-electron chi connectivity index (χ4n) is 4.66. The van der Waals surface area contributed by atoms with Gasteiger partial charge in [0.25, 0.3) is 5.91 Å². The van der Waals surface area contributed by atoms with Crippen LogP contribution in [0.25, 0.3) is 10.9 Å². The molecular formula is C26H26N4O3. The highest BCUT2D eigenvalue weighted by molar-refractivity contribution is 6.03. The molecule has 4 aromatic rings. The minimum Gasteiger partial charge on any atom is -0.491 e. The Morgan fingerprint density at radius 1 is 1.24 bits per heavy atom. The minimum absolute atomic E-state index is 0.0253. The molecule has 7 heteroatoms. The normalized spacial score (nSPS) is 14.8. The number of nitrogens with zero attached hydrogens (tertiary/aromatic N) is 2. The first-order chi connectivity index (χ1) is 16.0. The number of aromatic nitrogens is 3. The highest BCUT2D eigenvalue weighted by Gasteiger charge is 2.32. The monoisotopic (exact) mass is 442 g/mol. The van der Waals surface area contributed by atoms with Crippen molar-refractivity contribution in [2.24, 2.45) is 7.05 Å². The number of Topliss-reactive ketones (excluding diaryl/α,β-unsaturated/α-hetero) is 1. The topological polar surface area (TPSA) is 89.0 Å². The highest BCUT2D eigenvalue weighted by Crippen LogP contribution is 2.43. The van der Waals surface area contributed by atoms with Gasteiger partial charge in [0.15, 0.2) is 5.78 Å². The van der Waals surface area contributed by atoms with Crippen LogP contribution in [0.15, 0.2) is 55.0 Å². The maximum absolute atomic E-state index is 13.1. The average Bonchev–Trinajstić information content (AvgIpc) is 3.57. The van der Waals surface area contributed by atoms with E-state index in [1.165, 1.54) is 0 Å². The van der Waals surface area contributed by atoms with Crippen molar-refractivity contribution in [1.29, 1.82) is 0 Å². The molecule has 1 aliphatic rings. The smallest absolute Gasteiger partial charge is 0.254 e. The molecule has 5 rings (SSSR count). The lowest BCUT2D eigenvalue weighted by molar-refractivity contribution is 0.0960. The third-order valence-corrected chi connectivity index (χ3v) is 6.31. The molecule has 7 nitrogen and oxygen atoms in total. The first-order valence-electron chi connectivity index (χ1n) is 11.1. The summed E-state index contributed by atoms with van der Waals surface area (Å²) >= 11 is 0. The number of hydrogen-bond donors (Lipinski definition) is 2. The zero-order valence-corrected chi connectivity index (χ0v) is 18.7. The van der Waals surface area contributed by atoms with Gasteiger partial charge in [0.05, 0.1) is 18.4 Å². The van der Waals surface area contributed by atoms with E-state index >= 15 is 0 Å². The van der Waals surface area contributed by atoms with E-state index < -0.39 is 0 Å². The summed E-state index contributed by atoms with van der Waals surface area (Å²) in [6, 6.07) is 11.8. The molecule has 1 atom stereocenters. The summed E-state index contributed by atoms with van der Waals surface area (Å²) < 4.78 is 7.79. The van der Waals surface area contributed by atoms with Crippen LogP contribution in [0.1, 0.15) is 56.2 Å². The Morgan fingerprint density at radius 2 is 2.12 bits per heavy atom. The predicted molar refractivity (Wildman–Crippen MR) is 126 cm³/mol. The van der Waals surface area contributed by atoms with Gasteiger partial charge in [-0.15, -0.1) is 0 Å². The first kappa shape index (κ1) is 21.0. The van der Waals surface area contributed by atoms with Crippen molar-refractivity contribution in [3.63, 3.8) is 0 Å². The maximum Gasteiger partial charge on any atom is 0.254 e. The molecule has 3 heterocycles. The van der Waals surface area contributed by atoms with E-state index in [1.54, 1.807) is 17.8 Å². The summed E-state index contributed by atoms with van der Waals surface area (Å²) in [5.74, 6) is 0.291. The van der Waals surface area contributed by atoms with E-state index in [0.717, 1.165) is 40.4 Å². The van der Waals surface area contributed by atoms with Crippen molar-refractivity contribution in [2.45, 2.75) is 25.2 Å². The molecule has 0 saturated heterocycles. The van der Waals surface area contributed by atoms with Crippen molar-refractivity contribution in [3.8, 4) is 5.75 Å². The summed E-state index contributed by atoms with van der Waals surface area (Å²) in [5.41, 5.74) is 5.13. The van der Waals surface area contributed by atoms with Crippen LogP contribution >= 0.6 is 0 Å². The van der Waals surface area contributed by atoms with Gasteiger partial charge in [-0.2, -0.15) is 5.10 Å². The van der Waals surface area contributed by atoms with Crippen LogP contribution < -0.4 is 10.1 Å². The van der Waals surface area contributed by atoms with Crippen LogP contribution in [-0.2, 0) is 13.5 Å². The van der Waals surface area contributed by atoms with Crippen LogP contribution in [0, 0.1) is 0 Å². The van der Waals surface area contributed by atoms with Gasteiger partial charge >= 0.3 is 0 Å². The second kappa shape index (κ2) is 8.58. The molecule has 0 aliphatic carbocycles. The van der Waals surface area contributed by atoms with Gasteiger partial charge in [-0.3, -0.25) is 14.3 Å². The molecule has 1 amide bonds. The van der Waals surface area contributed by atoms with Gasteiger partial charge in [-0.25, -0.2) is 0 Å². The molecule has 0 saturated carbocycles. The second-order valence-electron chi connectivity index (χ2n) is 8.47. The Morgan fingerprint density at radius 3 is 2.91 bits per heavy atom. The zero-order chi connectivity index (χ0) is 22.9. The number of aryl methyl sites for hydroxylation is 2. The Labute approximate surface area is 191 Å². The number of hydrogen-bond acceptors (Lipinski definition) is 4. The van der Waals surface area contributed by atoms with Gasteiger partial charge in [0, 0.05) is 60.9 Å². The van der Waals surface area contributed by atoms with Crippen molar-refractivity contribution in [2.75, 3.05) is 13.7 Å². The minimum atomic E-state index is -0.253. The number of H-pyrrole nitrogens is 1. The number of fused-ring (bicyclic) bond motifs is 2. The predicted octanol–water partition coefficient (Wildman–Crippen LogP) is 3.99. The number of nitrogens with one attached hydrogen (secondary N) is 2. The quantitative estimate of drug-likeness (QED) is 0.424. The van der Waals surface area contributed by atoms with Crippen molar-refractivity contribution in [1.82, 2.24) is 20.1 Å². The lowest BCUT2D eigenvalue weighted by Crippen LogP contribution is -2.19. The molecule has 0 spiro atoms. The molecule has 2 N–H and O–H groups in total. The number of aromatic amines is 1. The van der Waals surface area contributed by atoms with E-state index in [4.69, 9.17) is 4.74 Å². The number of amides is 1. The van der Waals surface area contributed by atoms with Crippen molar-refractivity contribution in [3.05, 3.63) is 82.8 Å². The SMILES string of the molecule is CNC(=O)c1cc(C(=O)CCCc2cnn(C)c2)cc2c1OC[C@H]2c1cccc2[nH]ccc12. The summed E-state index contributed by atoms with van der Waals surface area (Å²) in [5, 5.41) is 7.98. The zero-order valence-electron chi connectivity index (χ0n) is 18.7. The maximum atomic E-state index is 13.1. The van der Waals surface area contributed by atoms with Crippen LogP contribution in [0.5, 0.6) is 5.75 Å². The van der Waals surface area contributed by atoms with E-state index in [-0.39, 0.29) is 17.6 Å². The molecule has 33 heavy (non-hydrogen) atoms. The third-order valence-electron chi connectivity index (χ3n) is 6.31. The molecule has 0 unspecified atom stereocenters. The fourth-order valence-corrected chi connectivity index (χ4v) is 4.66. The Kier molecular flexibility index (Phi) is 5.46. The van der Waals surface area contributed by atoms with Gasteiger partial charge < -0.3 is 15.0 Å². The van der Waals surface area contributed by atoms with E-state index in [9.17, 15) is 9.59 Å². The van der Waals surface area contributed by atoms with Crippen LogP contribution in [0.2, 0.25) is 0 Å². The molecule has 1 aliphatic heterocycles. The number of carbonyl (C=O) groups excluding carboxylic acids is 2. The van der Waals surface area contributed by atoms with E-state index in [0.29, 0.717) is 29.9 Å². The molecule has 0 radical (unpaired) electrons. The van der Waals surface area contributed by atoms with Gasteiger partial charge in [-0.05, 0) is 48.2 Å². The number of ketones is 1. The lowest BCUT2D eigenvalue weighted by Gasteiger charge is -2.13. The Hall–Kier alpha value is -3.87. The highest BCUT2D eigenvalue weighted by atomic mass is 16.5. The summed E-state index contributed by atoms with van der Waals surface area (Å²) in [4.78, 5) is 29.0. The largest absolute Gasteiger partial charge is 0.491 e. The lowest BCUT2D eigenvalue weighted by atomic mass is 9.87. The molecule has 0 bridgehead atoms. The average molecular weight is 443 g/mol. The molecular weight excluding hydrogens is 416 g/mol. The number of benzene rings is 2. The number of ether oxygens (including phenoxy) is 1. The fraction of sp³-hybridized carbons (Fsp3) is 0.269. The van der Waals surface area contributed by atoms with E-state index in [1.807, 2.05) is 43.8 Å². The molecule has 0 fully saturated rings. The van der Waals surface area contributed by atoms with Crippen molar-refractivity contribution < 1.29 is 14.3 Å². The summed E-state index contributed by atoms with van der Waals surface area (Å²) in [7, 11) is 3.47. The third kappa shape index (κ3) is 3.91. The second-order valence-corrected chi connectivity index (χ2v) is 8.47. The number of carbonyl (C=O) groups is 2. The van der Waals surface area contributed by atoms with Crippen LogP contribution in [-0.4, -0.2) is 40.1 Å². The summed E-state index contributed by atoms with van der Waals surface area (Å²) in [6.07, 6.45) is 7.62. The molecule has 2 aromatic carbocycles. The van der Waals surface area contributed by atoms with Gasteiger partial charge in [0.1, 0.15) is 5.75 Å². The molecule has 168 valence electrons. The van der Waals surface area contributed by atoms with Crippen LogP contribution in [0.4, 0.5) is 0 Å². The van der Waals surface area contributed by atoms with Gasteiger partial charge in [-0.1, -0.05) is 12.1 Å². The van der Waals surface area contributed by atoms with Gasteiger partial charge in [0.2, 0.25) is 0 Å². The van der Waals surface area contributed by atoms with E-state index in [2.05, 4.69) is 27.5 Å². The Bertz CT molecular complexity index is 1350. The summed E-state index contributed by atoms with van der Waals surface area (Å²) in [6.45, 7) is 0.433. The standard InChI is InChI=1S/C26H26N4O3/c1-27-26(32)21-12-17(24(31)8-3-5-16-13-29-30(2)14-16)11-20-22(15-33-25(20)21)18-6-4-7-23-19(18)9-10-28-23/h4,6-7,9-14,22,28H,3,5,8,15H2,1-2H3,(H,27,32)/t22-/m0/s1. The van der Waals surface area contributed by atoms with Crippen molar-refractivity contribution >= 4 is 22.6 Å². The Balaban J connectivity index is 1.47. The molecule has 2 aromatic heterocycles.